The molecule has 2 amide bonds. The minimum atomic E-state index is -0.158. The van der Waals surface area contributed by atoms with E-state index in [-0.39, 0.29) is 17.7 Å². The summed E-state index contributed by atoms with van der Waals surface area (Å²) in [6.07, 6.45) is 5.13. The Morgan fingerprint density at radius 1 is 1.07 bits per heavy atom. The van der Waals surface area contributed by atoms with Crippen molar-refractivity contribution >= 4 is 22.6 Å². The van der Waals surface area contributed by atoms with Crippen molar-refractivity contribution in [2.45, 2.75) is 19.4 Å². The van der Waals surface area contributed by atoms with E-state index in [9.17, 15) is 9.59 Å². The Bertz CT molecular complexity index is 1010. The van der Waals surface area contributed by atoms with Gasteiger partial charge in [-0.2, -0.15) is 0 Å². The number of pyridine rings is 1. The van der Waals surface area contributed by atoms with Crippen molar-refractivity contribution < 1.29 is 9.59 Å². The molecule has 1 saturated heterocycles. The lowest BCUT2D eigenvalue weighted by atomic mass is 9.95. The van der Waals surface area contributed by atoms with Crippen molar-refractivity contribution in [3.8, 4) is 0 Å². The number of carbonyl (C=O) groups excluding carboxylic acids is 2. The van der Waals surface area contributed by atoms with Gasteiger partial charge in [-0.25, -0.2) is 0 Å². The van der Waals surface area contributed by atoms with Gasteiger partial charge in [0, 0.05) is 44.6 Å². The number of carbonyl (C=O) groups is 2. The van der Waals surface area contributed by atoms with Crippen LogP contribution in [0.4, 0.5) is 0 Å². The average molecular weight is 387 g/mol. The zero-order valence-corrected chi connectivity index (χ0v) is 16.6. The summed E-state index contributed by atoms with van der Waals surface area (Å²) in [6.45, 7) is 1.72. The molecular formula is C24H25N3O2. The zero-order valence-electron chi connectivity index (χ0n) is 16.6. The Morgan fingerprint density at radius 2 is 1.83 bits per heavy atom. The summed E-state index contributed by atoms with van der Waals surface area (Å²) < 4.78 is 0. The number of likely N-dealkylation sites (tertiary alicyclic amines) is 1. The van der Waals surface area contributed by atoms with Gasteiger partial charge in [0.05, 0.1) is 5.92 Å². The molecule has 3 aromatic rings. The number of hydrogen-bond donors (Lipinski definition) is 0. The predicted molar refractivity (Wildman–Crippen MR) is 113 cm³/mol. The maximum atomic E-state index is 13.2. The van der Waals surface area contributed by atoms with E-state index in [1.54, 1.807) is 17.3 Å². The number of benzene rings is 2. The van der Waals surface area contributed by atoms with Crippen molar-refractivity contribution in [3.63, 3.8) is 0 Å². The fourth-order valence-electron chi connectivity index (χ4n) is 4.10. The fourth-order valence-corrected chi connectivity index (χ4v) is 4.10. The highest BCUT2D eigenvalue weighted by Crippen LogP contribution is 2.24. The SMILES string of the molecule is CN(Cc1ccncc1)C(=O)C1CCCN(C(=O)c2cccc3ccccc23)C1. The highest BCUT2D eigenvalue weighted by atomic mass is 16.2. The number of rotatable bonds is 4. The van der Waals surface area contributed by atoms with Crippen LogP contribution < -0.4 is 0 Å². The highest BCUT2D eigenvalue weighted by Gasteiger charge is 2.31. The third-order valence-corrected chi connectivity index (χ3v) is 5.62. The second-order valence-electron chi connectivity index (χ2n) is 7.67. The van der Waals surface area contributed by atoms with E-state index in [2.05, 4.69) is 4.98 Å². The van der Waals surface area contributed by atoms with Crippen molar-refractivity contribution in [1.82, 2.24) is 14.8 Å². The Morgan fingerprint density at radius 3 is 2.66 bits per heavy atom. The molecule has 1 atom stereocenters. The van der Waals surface area contributed by atoms with Crippen LogP contribution in [0.5, 0.6) is 0 Å². The van der Waals surface area contributed by atoms with Gasteiger partial charge < -0.3 is 9.80 Å². The van der Waals surface area contributed by atoms with E-state index in [0.717, 1.165) is 29.2 Å². The zero-order chi connectivity index (χ0) is 20.2. The predicted octanol–water partition coefficient (Wildman–Crippen LogP) is 3.75. The van der Waals surface area contributed by atoms with Crippen molar-refractivity contribution in [2.75, 3.05) is 20.1 Å². The third kappa shape index (κ3) is 4.14. The van der Waals surface area contributed by atoms with Crippen LogP contribution in [-0.4, -0.2) is 46.7 Å². The molecule has 1 unspecified atom stereocenters. The van der Waals surface area contributed by atoms with E-state index < -0.39 is 0 Å². The Kier molecular flexibility index (Phi) is 5.56. The first kappa shape index (κ1) is 19.1. The van der Waals surface area contributed by atoms with Gasteiger partial charge >= 0.3 is 0 Å². The van der Waals surface area contributed by atoms with Gasteiger partial charge in [0.2, 0.25) is 5.91 Å². The molecule has 2 aromatic carbocycles. The normalized spacial score (nSPS) is 16.6. The van der Waals surface area contributed by atoms with Gasteiger partial charge in [-0.1, -0.05) is 36.4 Å². The van der Waals surface area contributed by atoms with Gasteiger partial charge in [0.1, 0.15) is 0 Å². The Labute approximate surface area is 171 Å². The summed E-state index contributed by atoms with van der Waals surface area (Å²) in [4.78, 5) is 33.8. The molecule has 2 heterocycles. The van der Waals surface area contributed by atoms with Crippen LogP contribution in [0.25, 0.3) is 10.8 Å². The van der Waals surface area contributed by atoms with Crippen LogP contribution in [0.15, 0.2) is 67.0 Å². The Hall–Kier alpha value is -3.21. The molecule has 1 fully saturated rings. The molecular weight excluding hydrogens is 362 g/mol. The molecule has 0 spiro atoms. The molecule has 5 nitrogen and oxygen atoms in total. The van der Waals surface area contributed by atoms with Gasteiger partial charge in [-0.3, -0.25) is 14.6 Å². The first-order chi connectivity index (χ1) is 14.1. The van der Waals surface area contributed by atoms with Gasteiger partial charge in [0.15, 0.2) is 0 Å². The molecule has 0 bridgehead atoms. The van der Waals surface area contributed by atoms with Gasteiger partial charge in [-0.15, -0.1) is 0 Å². The molecule has 5 heteroatoms. The lowest BCUT2D eigenvalue weighted by Gasteiger charge is -2.34. The van der Waals surface area contributed by atoms with E-state index in [1.165, 1.54) is 0 Å². The van der Waals surface area contributed by atoms with Crippen molar-refractivity contribution in [3.05, 3.63) is 78.1 Å². The second-order valence-corrected chi connectivity index (χ2v) is 7.67. The number of hydrogen-bond acceptors (Lipinski definition) is 3. The lowest BCUT2D eigenvalue weighted by Crippen LogP contribution is -2.45. The van der Waals surface area contributed by atoms with E-state index >= 15 is 0 Å². The minimum Gasteiger partial charge on any atom is -0.341 e. The van der Waals surface area contributed by atoms with Crippen LogP contribution >= 0.6 is 0 Å². The molecule has 4 rings (SSSR count). The van der Waals surface area contributed by atoms with Crippen LogP contribution in [0.2, 0.25) is 0 Å². The highest BCUT2D eigenvalue weighted by molar-refractivity contribution is 6.07. The summed E-state index contributed by atoms with van der Waals surface area (Å²) in [5.74, 6) is -0.0529. The number of nitrogens with zero attached hydrogens (tertiary/aromatic N) is 3. The number of amides is 2. The molecule has 0 saturated carbocycles. The molecule has 0 radical (unpaired) electrons. The summed E-state index contributed by atoms with van der Waals surface area (Å²) >= 11 is 0. The van der Waals surface area contributed by atoms with Crippen molar-refractivity contribution in [1.29, 1.82) is 0 Å². The molecule has 29 heavy (non-hydrogen) atoms. The first-order valence-electron chi connectivity index (χ1n) is 10.0. The van der Waals surface area contributed by atoms with Gasteiger partial charge in [0.25, 0.3) is 5.91 Å². The smallest absolute Gasteiger partial charge is 0.254 e. The quantitative estimate of drug-likeness (QED) is 0.685. The maximum absolute atomic E-state index is 13.2. The molecule has 1 aliphatic rings. The first-order valence-corrected chi connectivity index (χ1v) is 10.0. The van der Waals surface area contributed by atoms with E-state index in [1.807, 2.05) is 66.5 Å². The fraction of sp³-hybridized carbons (Fsp3) is 0.292. The average Bonchev–Trinajstić information content (AvgIpc) is 2.78. The van der Waals surface area contributed by atoms with E-state index in [0.29, 0.717) is 25.2 Å². The van der Waals surface area contributed by atoms with E-state index in [4.69, 9.17) is 0 Å². The van der Waals surface area contributed by atoms with Crippen LogP contribution in [0, 0.1) is 5.92 Å². The minimum absolute atomic E-state index is 0.0103. The number of fused-ring (bicyclic) bond motifs is 1. The Balaban J connectivity index is 1.47. The molecule has 148 valence electrons. The lowest BCUT2D eigenvalue weighted by molar-refractivity contribution is -0.136. The summed E-state index contributed by atoms with van der Waals surface area (Å²) in [5.41, 5.74) is 1.76. The standard InChI is InChI=1S/C24H25N3O2/c1-26(16-18-11-13-25-14-12-18)23(28)20-8-5-15-27(17-20)24(29)22-10-4-7-19-6-2-3-9-21(19)22/h2-4,6-7,9-14,20H,5,8,15-17H2,1H3. The maximum Gasteiger partial charge on any atom is 0.254 e. The summed E-state index contributed by atoms with van der Waals surface area (Å²) in [6, 6.07) is 17.6. The summed E-state index contributed by atoms with van der Waals surface area (Å²) in [7, 11) is 1.83. The molecule has 1 aliphatic heterocycles. The monoisotopic (exact) mass is 387 g/mol. The third-order valence-electron chi connectivity index (χ3n) is 5.62. The van der Waals surface area contributed by atoms with Gasteiger partial charge in [-0.05, 0) is 47.4 Å². The second kappa shape index (κ2) is 8.43. The molecule has 1 aromatic heterocycles. The number of piperidine rings is 1. The molecule has 0 aliphatic carbocycles. The largest absolute Gasteiger partial charge is 0.341 e. The van der Waals surface area contributed by atoms with Crippen molar-refractivity contribution in [2.24, 2.45) is 5.92 Å². The van der Waals surface area contributed by atoms with Crippen LogP contribution in [0.3, 0.4) is 0 Å². The van der Waals surface area contributed by atoms with Crippen LogP contribution in [-0.2, 0) is 11.3 Å². The topological polar surface area (TPSA) is 53.5 Å². The molecule has 0 N–H and O–H groups in total. The number of aromatic nitrogens is 1. The summed E-state index contributed by atoms with van der Waals surface area (Å²) in [5, 5.41) is 2.02. The van der Waals surface area contributed by atoms with Crippen LogP contribution in [0.1, 0.15) is 28.8 Å².